The minimum Gasteiger partial charge on any atom is -0.392 e. The lowest BCUT2D eigenvalue weighted by Gasteiger charge is -2.57. The summed E-state index contributed by atoms with van der Waals surface area (Å²) < 4.78 is 7.82. The van der Waals surface area contributed by atoms with Crippen LogP contribution in [0.15, 0.2) is 36.8 Å². The number of nitrogens with zero attached hydrogens (tertiary/aromatic N) is 2. The molecule has 116 valence electrons. The Kier molecular flexibility index (Phi) is 2.71. The molecule has 4 aliphatic rings. The summed E-state index contributed by atoms with van der Waals surface area (Å²) in [5.41, 5.74) is 1.42. The molecule has 1 spiro atoms. The Morgan fingerprint density at radius 3 is 2.86 bits per heavy atom. The highest BCUT2D eigenvalue weighted by Crippen LogP contribution is 2.60. The summed E-state index contributed by atoms with van der Waals surface area (Å²) in [6, 6.07) is 0.354. The number of rotatable bonds is 1. The minimum atomic E-state index is -0.199. The number of aliphatic hydroxyl groups excluding tert-OH is 1. The van der Waals surface area contributed by atoms with Gasteiger partial charge in [-0.3, -0.25) is 0 Å². The van der Waals surface area contributed by atoms with Gasteiger partial charge in [0.25, 0.3) is 0 Å². The van der Waals surface area contributed by atoms with E-state index >= 15 is 0 Å². The molecule has 1 aromatic rings. The maximum Gasteiger partial charge on any atom is 0.0951 e. The fourth-order valence-corrected chi connectivity index (χ4v) is 5.33. The van der Waals surface area contributed by atoms with Gasteiger partial charge >= 0.3 is 0 Å². The Hall–Kier alpha value is -1.39. The molecule has 1 aromatic heterocycles. The zero-order valence-electron chi connectivity index (χ0n) is 12.6. The molecule has 0 aromatic carbocycles. The van der Waals surface area contributed by atoms with Crippen LogP contribution in [0.1, 0.15) is 36.9 Å². The van der Waals surface area contributed by atoms with Gasteiger partial charge in [-0.05, 0) is 19.3 Å². The molecule has 4 nitrogen and oxygen atoms in total. The van der Waals surface area contributed by atoms with Crippen molar-refractivity contribution in [2.75, 3.05) is 13.2 Å². The van der Waals surface area contributed by atoms with Crippen molar-refractivity contribution in [1.29, 1.82) is 0 Å². The van der Waals surface area contributed by atoms with Crippen molar-refractivity contribution < 1.29 is 9.84 Å². The third-order valence-corrected chi connectivity index (χ3v) is 6.53. The van der Waals surface area contributed by atoms with Gasteiger partial charge in [0.2, 0.25) is 0 Å². The second-order valence-corrected chi connectivity index (χ2v) is 7.38. The Bertz CT molecular complexity index is 641. The lowest BCUT2D eigenvalue weighted by Crippen LogP contribution is -2.58. The molecule has 0 radical (unpaired) electrons. The van der Waals surface area contributed by atoms with Gasteiger partial charge in [-0.2, -0.15) is 0 Å². The second-order valence-electron chi connectivity index (χ2n) is 7.38. The second kappa shape index (κ2) is 4.56. The van der Waals surface area contributed by atoms with Gasteiger partial charge in [0.1, 0.15) is 0 Å². The number of aliphatic hydroxyl groups is 1. The summed E-state index contributed by atoms with van der Waals surface area (Å²) in [4.78, 5) is 4.36. The molecule has 2 unspecified atom stereocenters. The number of hydrogen-bond donors (Lipinski definition) is 1. The molecule has 3 heterocycles. The average Bonchev–Trinajstić information content (AvgIpc) is 3.14. The van der Waals surface area contributed by atoms with Crippen molar-refractivity contribution >= 4 is 0 Å². The Labute approximate surface area is 130 Å². The quantitative estimate of drug-likeness (QED) is 0.866. The summed E-state index contributed by atoms with van der Waals surface area (Å²) in [5, 5.41) is 11.0. The van der Waals surface area contributed by atoms with E-state index < -0.39 is 0 Å². The summed E-state index contributed by atoms with van der Waals surface area (Å²) in [5.74, 6) is 1.24. The highest BCUT2D eigenvalue weighted by molar-refractivity contribution is 5.32. The SMILES string of the molecule is O[C@@H]1[C@@H]([C@@H]2C3C=CC=CC3c3cncn32)CC12CCOCC2. The van der Waals surface area contributed by atoms with Crippen molar-refractivity contribution in [2.45, 2.75) is 37.3 Å². The smallest absolute Gasteiger partial charge is 0.0951 e. The third-order valence-electron chi connectivity index (χ3n) is 6.53. The summed E-state index contributed by atoms with van der Waals surface area (Å²) in [7, 11) is 0. The van der Waals surface area contributed by atoms with Crippen LogP contribution < -0.4 is 0 Å². The molecule has 0 bridgehead atoms. The van der Waals surface area contributed by atoms with Crippen LogP contribution >= 0.6 is 0 Å². The fraction of sp³-hybridized carbons (Fsp3) is 0.611. The zero-order valence-corrected chi connectivity index (χ0v) is 12.6. The first-order valence-electron chi connectivity index (χ1n) is 8.43. The number of allylic oxidation sites excluding steroid dienone is 4. The van der Waals surface area contributed by atoms with Gasteiger partial charge in [0, 0.05) is 54.3 Å². The van der Waals surface area contributed by atoms with Crippen LogP contribution in [-0.4, -0.2) is 34.0 Å². The molecule has 22 heavy (non-hydrogen) atoms. The zero-order chi connectivity index (χ0) is 14.7. The van der Waals surface area contributed by atoms with E-state index in [9.17, 15) is 5.11 Å². The largest absolute Gasteiger partial charge is 0.392 e. The Morgan fingerprint density at radius 2 is 2.05 bits per heavy atom. The molecular formula is C18H22N2O2. The highest BCUT2D eigenvalue weighted by Gasteiger charge is 2.59. The minimum absolute atomic E-state index is 0.121. The van der Waals surface area contributed by atoms with Crippen LogP contribution in [0, 0.1) is 17.3 Å². The van der Waals surface area contributed by atoms with Crippen molar-refractivity contribution in [3.05, 3.63) is 42.5 Å². The van der Waals surface area contributed by atoms with Crippen molar-refractivity contribution in [2.24, 2.45) is 17.3 Å². The van der Waals surface area contributed by atoms with Crippen molar-refractivity contribution in [3.63, 3.8) is 0 Å². The third kappa shape index (κ3) is 1.57. The number of imidazole rings is 1. The predicted octanol–water partition coefficient (Wildman–Crippen LogP) is 2.44. The van der Waals surface area contributed by atoms with Gasteiger partial charge in [0.15, 0.2) is 0 Å². The monoisotopic (exact) mass is 298 g/mol. The Morgan fingerprint density at radius 1 is 1.23 bits per heavy atom. The standard InChI is InChI=1S/C18H22N2O2/c21-17-14(9-18(17)5-7-22-8-6-18)16-13-4-2-1-3-12(13)15-10-19-11-20(15)16/h1-4,10-14,16-17,21H,5-9H2/t12?,13?,14-,16+,17-/m1/s1. The molecule has 1 saturated heterocycles. The van der Waals surface area contributed by atoms with E-state index in [2.05, 4.69) is 33.9 Å². The lowest BCUT2D eigenvalue weighted by molar-refractivity contribution is -0.180. The van der Waals surface area contributed by atoms with Gasteiger partial charge in [-0.1, -0.05) is 24.3 Å². The molecule has 4 heteroatoms. The predicted molar refractivity (Wildman–Crippen MR) is 82.4 cm³/mol. The van der Waals surface area contributed by atoms with Crippen LogP contribution in [-0.2, 0) is 4.74 Å². The molecular weight excluding hydrogens is 276 g/mol. The molecule has 0 amide bonds. The molecule has 2 aliphatic heterocycles. The first-order valence-corrected chi connectivity index (χ1v) is 8.43. The van der Waals surface area contributed by atoms with Crippen LogP contribution in [0.5, 0.6) is 0 Å². The molecule has 1 N–H and O–H groups in total. The maximum atomic E-state index is 11.0. The number of fused-ring (bicyclic) bond motifs is 3. The van der Waals surface area contributed by atoms with Gasteiger partial charge in [0.05, 0.1) is 12.4 Å². The van der Waals surface area contributed by atoms with Crippen molar-refractivity contribution in [1.82, 2.24) is 9.55 Å². The summed E-state index contributed by atoms with van der Waals surface area (Å²) in [6.07, 6.45) is 15.8. The van der Waals surface area contributed by atoms with E-state index in [1.807, 2.05) is 12.5 Å². The molecule has 1 saturated carbocycles. The average molecular weight is 298 g/mol. The van der Waals surface area contributed by atoms with E-state index in [0.29, 0.717) is 23.8 Å². The first kappa shape index (κ1) is 13.1. The van der Waals surface area contributed by atoms with Gasteiger partial charge < -0.3 is 14.4 Å². The van der Waals surface area contributed by atoms with E-state index in [0.717, 1.165) is 32.5 Å². The number of ether oxygens (including phenoxy) is 1. The van der Waals surface area contributed by atoms with Crippen molar-refractivity contribution in [3.8, 4) is 0 Å². The summed E-state index contributed by atoms with van der Waals surface area (Å²) >= 11 is 0. The van der Waals surface area contributed by atoms with E-state index in [-0.39, 0.29) is 11.5 Å². The number of hydrogen-bond acceptors (Lipinski definition) is 3. The van der Waals surface area contributed by atoms with Crippen LogP contribution in [0.2, 0.25) is 0 Å². The lowest BCUT2D eigenvalue weighted by atomic mass is 9.52. The normalized spacial score (nSPS) is 41.2. The maximum absolute atomic E-state index is 11.0. The topological polar surface area (TPSA) is 47.3 Å². The summed E-state index contributed by atoms with van der Waals surface area (Å²) in [6.45, 7) is 1.61. The van der Waals surface area contributed by atoms with Crippen LogP contribution in [0.3, 0.4) is 0 Å². The van der Waals surface area contributed by atoms with Crippen LogP contribution in [0.25, 0.3) is 0 Å². The number of aromatic nitrogens is 2. The molecule has 5 rings (SSSR count). The highest BCUT2D eigenvalue weighted by atomic mass is 16.5. The fourth-order valence-electron chi connectivity index (χ4n) is 5.33. The van der Waals surface area contributed by atoms with E-state index in [4.69, 9.17) is 4.74 Å². The van der Waals surface area contributed by atoms with Crippen LogP contribution in [0.4, 0.5) is 0 Å². The molecule has 5 atom stereocenters. The van der Waals surface area contributed by atoms with Gasteiger partial charge in [-0.25, -0.2) is 4.98 Å². The van der Waals surface area contributed by atoms with Gasteiger partial charge in [-0.15, -0.1) is 0 Å². The first-order chi connectivity index (χ1) is 10.8. The Balaban J connectivity index is 1.46. The van der Waals surface area contributed by atoms with E-state index in [1.165, 1.54) is 5.69 Å². The molecule has 2 fully saturated rings. The van der Waals surface area contributed by atoms with E-state index in [1.54, 1.807) is 0 Å². The molecule has 2 aliphatic carbocycles.